The average molecular weight is 714 g/mol. The molecule has 2 amide bonds. The first-order valence-corrected chi connectivity index (χ1v) is 18.6. The van der Waals surface area contributed by atoms with Gasteiger partial charge in [-0.3, -0.25) is 14.5 Å². The maximum absolute atomic E-state index is 14.0. The van der Waals surface area contributed by atoms with Crippen molar-refractivity contribution in [1.82, 2.24) is 15.5 Å². The Morgan fingerprint density at radius 1 is 1.02 bits per heavy atom. The lowest BCUT2D eigenvalue weighted by molar-refractivity contribution is -0.147. The van der Waals surface area contributed by atoms with Crippen molar-refractivity contribution in [2.24, 2.45) is 11.8 Å². The van der Waals surface area contributed by atoms with Gasteiger partial charge in [0.2, 0.25) is 5.91 Å². The number of fused-ring (bicyclic) bond motifs is 1. The van der Waals surface area contributed by atoms with Crippen LogP contribution in [-0.4, -0.2) is 104 Å². The van der Waals surface area contributed by atoms with Crippen molar-refractivity contribution < 1.29 is 38.4 Å². The molecule has 0 aromatic heterocycles. The third kappa shape index (κ3) is 12.3. The SMILES string of the molecule is COCCOCOc1cccc(C(=O)N[C@@H](CSc2ccccc2)[C@@H](CN2C[C@H]3CCCC[C@H]3C[C@H]2C(=O)NC(C)(C)C)OCC(=O)O)c1C. The lowest BCUT2D eigenvalue weighted by Crippen LogP contribution is -2.61. The van der Waals surface area contributed by atoms with Crippen LogP contribution in [-0.2, 0) is 23.8 Å². The number of carbonyl (C=O) groups excluding carboxylic acids is 2. The van der Waals surface area contributed by atoms with Crippen molar-refractivity contribution >= 4 is 29.5 Å². The number of benzene rings is 2. The first-order valence-electron chi connectivity index (χ1n) is 17.6. The largest absolute Gasteiger partial charge is 0.480 e. The number of aliphatic carboxylic acids is 1. The van der Waals surface area contributed by atoms with Crippen LogP contribution in [0.25, 0.3) is 0 Å². The molecule has 4 rings (SSSR count). The Bertz CT molecular complexity index is 1390. The monoisotopic (exact) mass is 713 g/mol. The minimum atomic E-state index is -1.10. The number of piperidine rings is 1. The minimum Gasteiger partial charge on any atom is -0.480 e. The predicted molar refractivity (Wildman–Crippen MR) is 194 cm³/mol. The molecule has 1 aliphatic heterocycles. The molecule has 3 N–H and O–H groups in total. The summed E-state index contributed by atoms with van der Waals surface area (Å²) < 4.78 is 22.4. The smallest absolute Gasteiger partial charge is 0.329 e. The van der Waals surface area contributed by atoms with Gasteiger partial charge in [0, 0.05) is 47.5 Å². The molecule has 2 fully saturated rings. The van der Waals surface area contributed by atoms with Crippen LogP contribution in [0.1, 0.15) is 68.8 Å². The lowest BCUT2D eigenvalue weighted by Gasteiger charge is -2.47. The minimum absolute atomic E-state index is 0.0123. The summed E-state index contributed by atoms with van der Waals surface area (Å²) in [4.78, 5) is 42.9. The molecule has 2 aromatic carbocycles. The van der Waals surface area contributed by atoms with E-state index in [-0.39, 0.29) is 24.6 Å². The van der Waals surface area contributed by atoms with E-state index in [1.54, 1.807) is 37.1 Å². The van der Waals surface area contributed by atoms with E-state index in [4.69, 9.17) is 18.9 Å². The van der Waals surface area contributed by atoms with Crippen LogP contribution in [0, 0.1) is 18.8 Å². The Morgan fingerprint density at radius 3 is 2.46 bits per heavy atom. The number of nitrogens with zero attached hydrogens (tertiary/aromatic N) is 1. The Hall–Kier alpha value is -3.16. The molecule has 12 heteroatoms. The Labute approximate surface area is 301 Å². The van der Waals surface area contributed by atoms with Crippen LogP contribution in [0.15, 0.2) is 53.4 Å². The van der Waals surface area contributed by atoms with Gasteiger partial charge in [-0.25, -0.2) is 4.79 Å². The highest BCUT2D eigenvalue weighted by atomic mass is 32.2. The summed E-state index contributed by atoms with van der Waals surface area (Å²) in [5.41, 5.74) is 0.674. The second-order valence-corrected chi connectivity index (χ2v) is 15.4. The maximum atomic E-state index is 14.0. The zero-order valence-electron chi connectivity index (χ0n) is 30.2. The molecule has 11 nitrogen and oxygen atoms in total. The summed E-state index contributed by atoms with van der Waals surface area (Å²) in [7, 11) is 1.60. The summed E-state index contributed by atoms with van der Waals surface area (Å²) in [5, 5.41) is 16.1. The predicted octanol–water partition coefficient (Wildman–Crippen LogP) is 5.15. The van der Waals surface area contributed by atoms with Crippen LogP contribution < -0.4 is 15.4 Å². The summed E-state index contributed by atoms with van der Waals surface area (Å²) in [6, 6.07) is 14.1. The van der Waals surface area contributed by atoms with E-state index in [1.165, 1.54) is 12.8 Å². The summed E-state index contributed by atoms with van der Waals surface area (Å²) in [6.07, 6.45) is 4.59. The fourth-order valence-electron chi connectivity index (χ4n) is 6.85. The summed E-state index contributed by atoms with van der Waals surface area (Å²) in [6.45, 7) is 9.06. The molecular weight excluding hydrogens is 658 g/mol. The van der Waals surface area contributed by atoms with E-state index >= 15 is 0 Å². The molecule has 5 atom stereocenters. The van der Waals surface area contributed by atoms with E-state index in [0.29, 0.717) is 54.2 Å². The molecule has 50 heavy (non-hydrogen) atoms. The molecule has 276 valence electrons. The van der Waals surface area contributed by atoms with Crippen LogP contribution >= 0.6 is 11.8 Å². The van der Waals surface area contributed by atoms with E-state index in [1.807, 2.05) is 58.0 Å². The Morgan fingerprint density at radius 2 is 1.76 bits per heavy atom. The highest BCUT2D eigenvalue weighted by Gasteiger charge is 2.42. The van der Waals surface area contributed by atoms with Gasteiger partial charge in [0.1, 0.15) is 12.4 Å². The number of hydrogen-bond acceptors (Lipinski definition) is 9. The average Bonchev–Trinajstić information content (AvgIpc) is 3.08. The number of amides is 2. The van der Waals surface area contributed by atoms with E-state index < -0.39 is 30.3 Å². The molecule has 1 saturated heterocycles. The van der Waals surface area contributed by atoms with Gasteiger partial charge in [-0.2, -0.15) is 0 Å². The summed E-state index contributed by atoms with van der Waals surface area (Å²) >= 11 is 1.56. The van der Waals surface area contributed by atoms with Crippen molar-refractivity contribution in [2.75, 3.05) is 52.6 Å². The number of methoxy groups -OCH3 is 1. The highest BCUT2D eigenvalue weighted by molar-refractivity contribution is 7.99. The molecule has 2 aromatic rings. The van der Waals surface area contributed by atoms with Crippen molar-refractivity contribution in [3.05, 3.63) is 59.7 Å². The van der Waals surface area contributed by atoms with Gasteiger partial charge >= 0.3 is 5.97 Å². The van der Waals surface area contributed by atoms with Crippen molar-refractivity contribution in [3.63, 3.8) is 0 Å². The number of hydrogen-bond donors (Lipinski definition) is 3. The van der Waals surface area contributed by atoms with Crippen LogP contribution in [0.5, 0.6) is 5.75 Å². The fourth-order valence-corrected chi connectivity index (χ4v) is 7.87. The molecule has 1 saturated carbocycles. The number of ether oxygens (including phenoxy) is 4. The fraction of sp³-hybridized carbons (Fsp3) is 0.605. The van der Waals surface area contributed by atoms with Gasteiger partial charge in [-0.15, -0.1) is 11.8 Å². The quantitative estimate of drug-likeness (QED) is 0.108. The number of likely N-dealkylation sites (tertiary alicyclic amines) is 1. The third-order valence-corrected chi connectivity index (χ3v) is 10.5. The van der Waals surface area contributed by atoms with Crippen molar-refractivity contribution in [1.29, 1.82) is 0 Å². The second kappa shape index (κ2) is 19.4. The van der Waals surface area contributed by atoms with Crippen LogP contribution in [0.4, 0.5) is 0 Å². The second-order valence-electron chi connectivity index (χ2n) is 14.3. The number of carboxylic acids is 1. The number of carbonyl (C=O) groups is 3. The standard InChI is InChI=1S/C38H55N3O8S/c1-26-30(16-11-17-33(26)49-25-47-19-18-46-5)36(44)39-31(24-50-29-14-7-6-8-15-29)34(48-23-35(42)43)22-41-21-28-13-10-9-12-27(28)20-32(41)37(45)40-38(2,3)4/h6-8,11,14-17,27-28,31-32,34H,9-10,12-13,18-25H2,1-5H3,(H,39,44)(H,40,45)(H,42,43)/t27-,28+,31-,32-,34+/m0/s1. The normalized spacial score (nSPS) is 20.7. The van der Waals surface area contributed by atoms with Gasteiger partial charge in [-0.1, -0.05) is 43.5 Å². The van der Waals surface area contributed by atoms with Gasteiger partial charge in [-0.05, 0) is 76.6 Å². The number of rotatable bonds is 18. The van der Waals surface area contributed by atoms with E-state index in [9.17, 15) is 19.5 Å². The topological polar surface area (TPSA) is 136 Å². The molecule has 2 aliphatic rings. The Kier molecular flexibility index (Phi) is 15.4. The van der Waals surface area contributed by atoms with E-state index in [0.717, 1.165) is 30.7 Å². The Balaban J connectivity index is 1.61. The first kappa shape index (κ1) is 39.6. The van der Waals surface area contributed by atoms with Gasteiger partial charge < -0.3 is 34.7 Å². The van der Waals surface area contributed by atoms with Crippen molar-refractivity contribution in [3.8, 4) is 5.75 Å². The van der Waals surface area contributed by atoms with Gasteiger partial charge in [0.15, 0.2) is 6.79 Å². The molecule has 1 aliphatic carbocycles. The van der Waals surface area contributed by atoms with Crippen LogP contribution in [0.3, 0.4) is 0 Å². The first-order chi connectivity index (χ1) is 23.9. The van der Waals surface area contributed by atoms with Crippen LogP contribution in [0.2, 0.25) is 0 Å². The highest BCUT2D eigenvalue weighted by Crippen LogP contribution is 2.39. The molecular formula is C38H55N3O8S. The zero-order chi connectivity index (χ0) is 36.1. The molecule has 0 radical (unpaired) electrons. The van der Waals surface area contributed by atoms with Gasteiger partial charge in [0.05, 0.1) is 31.4 Å². The summed E-state index contributed by atoms with van der Waals surface area (Å²) in [5.74, 6) is 0.408. The van der Waals surface area contributed by atoms with E-state index in [2.05, 4.69) is 15.5 Å². The third-order valence-electron chi connectivity index (χ3n) is 9.33. The zero-order valence-corrected chi connectivity index (χ0v) is 31.0. The molecule has 0 unspecified atom stereocenters. The molecule has 0 spiro atoms. The number of carboxylic acid groups (broad SMARTS) is 1. The molecule has 1 heterocycles. The van der Waals surface area contributed by atoms with Gasteiger partial charge in [0.25, 0.3) is 5.91 Å². The lowest BCUT2D eigenvalue weighted by atomic mass is 9.72. The number of nitrogens with one attached hydrogen (secondary N) is 2. The molecule has 0 bridgehead atoms. The maximum Gasteiger partial charge on any atom is 0.329 e. The van der Waals surface area contributed by atoms with Crippen molar-refractivity contribution in [2.45, 2.75) is 88.4 Å². The number of thioether (sulfide) groups is 1.